The fraction of sp³-hybridized carbons (Fsp3) is 0.714. The molecule has 1 aromatic rings. The maximum atomic E-state index is 3.68. The summed E-state index contributed by atoms with van der Waals surface area (Å²) in [5.41, 5.74) is 1.47. The lowest BCUT2D eigenvalue weighted by Crippen LogP contribution is -2.27. The first-order valence-corrected chi connectivity index (χ1v) is 7.25. The second-order valence-corrected chi connectivity index (χ2v) is 6.42. The van der Waals surface area contributed by atoms with Gasteiger partial charge in [-0.3, -0.25) is 0 Å². The molecule has 0 bridgehead atoms. The van der Waals surface area contributed by atoms with E-state index in [1.54, 1.807) is 4.88 Å². The second-order valence-electron chi connectivity index (χ2n) is 5.14. The molecule has 1 aliphatic carbocycles. The third kappa shape index (κ3) is 2.49. The first-order valence-electron chi connectivity index (χ1n) is 6.43. The van der Waals surface area contributed by atoms with E-state index in [1.165, 1.54) is 23.3 Å². The minimum atomic E-state index is 0.580. The van der Waals surface area contributed by atoms with Crippen molar-refractivity contribution in [2.24, 2.45) is 11.8 Å². The van der Waals surface area contributed by atoms with Crippen LogP contribution >= 0.6 is 11.3 Å². The Morgan fingerprint density at radius 3 is 2.56 bits per heavy atom. The molecule has 1 N–H and O–H groups in total. The Hall–Kier alpha value is -0.340. The minimum Gasteiger partial charge on any atom is -0.309 e. The maximum Gasteiger partial charge on any atom is 0.0446 e. The van der Waals surface area contributed by atoms with Crippen LogP contribution in [0.3, 0.4) is 0 Å². The fourth-order valence-corrected chi connectivity index (χ4v) is 3.83. The van der Waals surface area contributed by atoms with Gasteiger partial charge in [-0.25, -0.2) is 0 Å². The van der Waals surface area contributed by atoms with Crippen LogP contribution in [-0.4, -0.2) is 6.54 Å². The topological polar surface area (TPSA) is 12.0 Å². The van der Waals surface area contributed by atoms with Crippen molar-refractivity contribution in [3.63, 3.8) is 0 Å². The first-order chi connectivity index (χ1) is 7.63. The van der Waals surface area contributed by atoms with Crippen LogP contribution in [0.25, 0.3) is 0 Å². The van der Waals surface area contributed by atoms with E-state index in [0.717, 1.165) is 18.4 Å². The molecule has 0 aliphatic heterocycles. The number of rotatable bonds is 5. The van der Waals surface area contributed by atoms with Crippen molar-refractivity contribution in [2.45, 2.75) is 46.6 Å². The Balaban J connectivity index is 2.20. The van der Waals surface area contributed by atoms with Gasteiger partial charge in [0, 0.05) is 15.8 Å². The number of hydrogen-bond donors (Lipinski definition) is 1. The molecular weight excluding hydrogens is 214 g/mol. The Labute approximate surface area is 103 Å². The molecule has 90 valence electrons. The predicted octanol–water partition coefficient (Wildman–Crippen LogP) is 4.06. The number of nitrogens with one attached hydrogen (secondary N) is 1. The van der Waals surface area contributed by atoms with Crippen LogP contribution in [0.2, 0.25) is 0 Å². The van der Waals surface area contributed by atoms with Crippen molar-refractivity contribution in [3.8, 4) is 0 Å². The molecule has 1 nitrogen and oxygen atoms in total. The number of aryl methyl sites for hydroxylation is 2. The average Bonchev–Trinajstić information content (AvgIpc) is 3.01. The Morgan fingerprint density at radius 1 is 1.44 bits per heavy atom. The highest BCUT2D eigenvalue weighted by molar-refractivity contribution is 7.12. The zero-order chi connectivity index (χ0) is 11.7. The summed E-state index contributed by atoms with van der Waals surface area (Å²) in [6.07, 6.45) is 2.87. The first kappa shape index (κ1) is 12.1. The van der Waals surface area contributed by atoms with E-state index in [-0.39, 0.29) is 0 Å². The molecule has 1 fully saturated rings. The number of hydrogen-bond acceptors (Lipinski definition) is 2. The molecule has 1 aromatic heterocycles. The van der Waals surface area contributed by atoms with Gasteiger partial charge in [-0.15, -0.1) is 11.3 Å². The third-order valence-corrected chi connectivity index (χ3v) is 4.91. The van der Waals surface area contributed by atoms with Crippen LogP contribution in [-0.2, 0) is 0 Å². The molecule has 0 amide bonds. The fourth-order valence-electron chi connectivity index (χ4n) is 2.60. The van der Waals surface area contributed by atoms with E-state index in [0.29, 0.717) is 6.04 Å². The highest BCUT2D eigenvalue weighted by Crippen LogP contribution is 2.44. The van der Waals surface area contributed by atoms with E-state index in [9.17, 15) is 0 Å². The van der Waals surface area contributed by atoms with Crippen LogP contribution in [0.1, 0.15) is 48.0 Å². The molecule has 0 radical (unpaired) electrons. The van der Waals surface area contributed by atoms with Gasteiger partial charge in [-0.1, -0.05) is 13.8 Å². The van der Waals surface area contributed by atoms with Crippen LogP contribution < -0.4 is 5.32 Å². The van der Waals surface area contributed by atoms with Gasteiger partial charge in [0.1, 0.15) is 0 Å². The lowest BCUT2D eigenvalue weighted by molar-refractivity contribution is 0.359. The van der Waals surface area contributed by atoms with Crippen LogP contribution in [0.4, 0.5) is 0 Å². The van der Waals surface area contributed by atoms with Crippen molar-refractivity contribution in [1.82, 2.24) is 5.32 Å². The van der Waals surface area contributed by atoms with E-state index in [1.807, 2.05) is 11.3 Å². The molecule has 0 aromatic carbocycles. The van der Waals surface area contributed by atoms with E-state index in [4.69, 9.17) is 0 Å². The summed E-state index contributed by atoms with van der Waals surface area (Å²) in [4.78, 5) is 3.01. The summed E-state index contributed by atoms with van der Waals surface area (Å²) in [5, 5.41) is 3.68. The van der Waals surface area contributed by atoms with Crippen molar-refractivity contribution in [3.05, 3.63) is 21.4 Å². The SMILES string of the molecule is CCNC(c1sc(C)cc1C)C(C)C1CC1. The molecular formula is C14H23NS. The van der Waals surface area contributed by atoms with Crippen molar-refractivity contribution in [1.29, 1.82) is 0 Å². The lowest BCUT2D eigenvalue weighted by Gasteiger charge is -2.24. The van der Waals surface area contributed by atoms with Crippen molar-refractivity contribution in [2.75, 3.05) is 6.54 Å². The Bertz CT molecular complexity index is 352. The number of thiophene rings is 1. The molecule has 1 aliphatic rings. The summed E-state index contributed by atoms with van der Waals surface area (Å²) in [6, 6.07) is 2.90. The molecule has 2 unspecified atom stereocenters. The highest BCUT2D eigenvalue weighted by atomic mass is 32.1. The van der Waals surface area contributed by atoms with Gasteiger partial charge in [-0.05, 0) is 56.7 Å². The zero-order valence-corrected chi connectivity index (χ0v) is 11.7. The van der Waals surface area contributed by atoms with Crippen LogP contribution in [0, 0.1) is 25.7 Å². The predicted molar refractivity (Wildman–Crippen MR) is 72.1 cm³/mol. The summed E-state index contributed by atoms with van der Waals surface area (Å²) in [7, 11) is 0. The molecule has 2 heteroatoms. The molecule has 2 rings (SSSR count). The molecule has 0 spiro atoms. The Morgan fingerprint density at radius 2 is 2.12 bits per heavy atom. The van der Waals surface area contributed by atoms with Crippen LogP contribution in [0.5, 0.6) is 0 Å². The van der Waals surface area contributed by atoms with Gasteiger partial charge in [0.2, 0.25) is 0 Å². The van der Waals surface area contributed by atoms with E-state index >= 15 is 0 Å². The third-order valence-electron chi connectivity index (χ3n) is 3.68. The lowest BCUT2D eigenvalue weighted by atomic mass is 9.94. The second kappa shape index (κ2) is 4.89. The monoisotopic (exact) mass is 237 g/mol. The van der Waals surface area contributed by atoms with Gasteiger partial charge in [0.05, 0.1) is 0 Å². The standard InChI is InChI=1S/C14H23NS/c1-5-15-13(11(4)12-6-7-12)14-9(2)8-10(3)16-14/h8,11-13,15H,5-7H2,1-4H3. The zero-order valence-electron chi connectivity index (χ0n) is 10.8. The van der Waals surface area contributed by atoms with Crippen molar-refractivity contribution < 1.29 is 0 Å². The van der Waals surface area contributed by atoms with Crippen LogP contribution in [0.15, 0.2) is 6.07 Å². The van der Waals surface area contributed by atoms with Gasteiger partial charge in [-0.2, -0.15) is 0 Å². The molecule has 16 heavy (non-hydrogen) atoms. The average molecular weight is 237 g/mol. The summed E-state index contributed by atoms with van der Waals surface area (Å²) in [6.45, 7) is 10.2. The Kier molecular flexibility index (Phi) is 3.70. The van der Waals surface area contributed by atoms with Gasteiger partial charge >= 0.3 is 0 Å². The van der Waals surface area contributed by atoms with Gasteiger partial charge < -0.3 is 5.32 Å². The van der Waals surface area contributed by atoms with E-state index in [2.05, 4.69) is 39.1 Å². The summed E-state index contributed by atoms with van der Waals surface area (Å²) >= 11 is 1.97. The van der Waals surface area contributed by atoms with Crippen molar-refractivity contribution >= 4 is 11.3 Å². The summed E-state index contributed by atoms with van der Waals surface area (Å²) < 4.78 is 0. The van der Waals surface area contributed by atoms with E-state index < -0.39 is 0 Å². The minimum absolute atomic E-state index is 0.580. The maximum absolute atomic E-state index is 3.68. The van der Waals surface area contributed by atoms with Gasteiger partial charge in [0.25, 0.3) is 0 Å². The quantitative estimate of drug-likeness (QED) is 0.814. The molecule has 0 saturated heterocycles. The smallest absolute Gasteiger partial charge is 0.0446 e. The highest BCUT2D eigenvalue weighted by Gasteiger charge is 2.34. The summed E-state index contributed by atoms with van der Waals surface area (Å²) in [5.74, 6) is 1.75. The molecule has 1 heterocycles. The normalized spacial score (nSPS) is 19.8. The molecule has 2 atom stereocenters. The largest absolute Gasteiger partial charge is 0.309 e. The van der Waals surface area contributed by atoms with Gasteiger partial charge in [0.15, 0.2) is 0 Å². The molecule has 1 saturated carbocycles.